The molecule has 1 amide bonds. The van der Waals surface area contributed by atoms with Gasteiger partial charge in [-0.1, -0.05) is 54.2 Å². The molecule has 2 N–H and O–H groups in total. The van der Waals surface area contributed by atoms with Gasteiger partial charge in [0.1, 0.15) is 0 Å². The maximum atomic E-state index is 12.4. The Bertz CT molecular complexity index is 1020. The van der Waals surface area contributed by atoms with Crippen LogP contribution in [0.5, 0.6) is 0 Å². The Labute approximate surface area is 181 Å². The Morgan fingerprint density at radius 3 is 2.47 bits per heavy atom. The number of aryl methyl sites for hydroxylation is 3. The molecule has 30 heavy (non-hydrogen) atoms. The summed E-state index contributed by atoms with van der Waals surface area (Å²) >= 11 is 1.37. The third-order valence-electron chi connectivity index (χ3n) is 4.76. The largest absolute Gasteiger partial charge is 0.377 e. The predicted molar refractivity (Wildman–Crippen MR) is 124 cm³/mol. The van der Waals surface area contributed by atoms with E-state index in [-0.39, 0.29) is 11.7 Å². The summed E-state index contributed by atoms with van der Waals surface area (Å²) < 4.78 is 1.99. The van der Waals surface area contributed by atoms with Crippen molar-refractivity contribution in [3.63, 3.8) is 0 Å². The monoisotopic (exact) mass is 421 g/mol. The number of hydrogen-bond donors (Lipinski definition) is 2. The van der Waals surface area contributed by atoms with Crippen molar-refractivity contribution >= 4 is 29.0 Å². The number of allylic oxidation sites excluding steroid dienone is 1. The summed E-state index contributed by atoms with van der Waals surface area (Å²) in [7, 11) is 0. The van der Waals surface area contributed by atoms with E-state index in [0.29, 0.717) is 18.2 Å². The van der Waals surface area contributed by atoms with Crippen LogP contribution in [0.3, 0.4) is 0 Å². The minimum Gasteiger partial charge on any atom is -0.377 e. The Morgan fingerprint density at radius 1 is 1.07 bits per heavy atom. The molecule has 156 valence electrons. The minimum absolute atomic E-state index is 0.0716. The summed E-state index contributed by atoms with van der Waals surface area (Å²) in [5.74, 6) is 0.991. The van der Waals surface area contributed by atoms with Crippen LogP contribution in [0.1, 0.15) is 22.5 Å². The maximum Gasteiger partial charge on any atom is 0.234 e. The van der Waals surface area contributed by atoms with Gasteiger partial charge in [-0.15, -0.1) is 16.8 Å². The van der Waals surface area contributed by atoms with Crippen LogP contribution in [0.15, 0.2) is 60.3 Å². The molecule has 0 bridgehead atoms. The number of aromatic nitrogens is 3. The van der Waals surface area contributed by atoms with Gasteiger partial charge in [0, 0.05) is 17.9 Å². The molecule has 7 heteroatoms. The van der Waals surface area contributed by atoms with Crippen LogP contribution >= 0.6 is 11.8 Å². The second-order valence-electron chi connectivity index (χ2n) is 7.07. The van der Waals surface area contributed by atoms with E-state index in [9.17, 15) is 4.79 Å². The van der Waals surface area contributed by atoms with Crippen molar-refractivity contribution in [3.8, 4) is 0 Å². The number of para-hydroxylation sites is 2. The van der Waals surface area contributed by atoms with Crippen LogP contribution in [0.2, 0.25) is 0 Å². The third-order valence-corrected chi connectivity index (χ3v) is 5.73. The van der Waals surface area contributed by atoms with E-state index < -0.39 is 0 Å². The summed E-state index contributed by atoms with van der Waals surface area (Å²) in [4.78, 5) is 12.4. The van der Waals surface area contributed by atoms with E-state index in [4.69, 9.17) is 0 Å². The highest BCUT2D eigenvalue weighted by Crippen LogP contribution is 2.22. The van der Waals surface area contributed by atoms with Gasteiger partial charge in [-0.25, -0.2) is 0 Å². The molecule has 0 fully saturated rings. The molecule has 0 saturated heterocycles. The Morgan fingerprint density at radius 2 is 1.77 bits per heavy atom. The van der Waals surface area contributed by atoms with Gasteiger partial charge in [0.25, 0.3) is 0 Å². The molecule has 0 aliphatic carbocycles. The van der Waals surface area contributed by atoms with Crippen molar-refractivity contribution in [2.24, 2.45) is 0 Å². The number of nitrogens with one attached hydrogen (secondary N) is 2. The van der Waals surface area contributed by atoms with E-state index in [1.54, 1.807) is 0 Å². The zero-order valence-corrected chi connectivity index (χ0v) is 18.4. The van der Waals surface area contributed by atoms with Crippen molar-refractivity contribution in [1.29, 1.82) is 0 Å². The smallest absolute Gasteiger partial charge is 0.234 e. The Hall–Kier alpha value is -3.06. The highest BCUT2D eigenvalue weighted by atomic mass is 32.2. The molecule has 0 aliphatic rings. The number of rotatable bonds is 9. The third kappa shape index (κ3) is 5.30. The SMILES string of the molecule is C=CCn1c(CNc2c(C)cccc2C)nnc1SCC(=O)Nc1ccccc1C. The molecule has 1 aromatic heterocycles. The molecule has 2 aromatic carbocycles. The fraction of sp³-hybridized carbons (Fsp3) is 0.261. The van der Waals surface area contributed by atoms with Gasteiger partial charge in [-0.05, 0) is 43.5 Å². The van der Waals surface area contributed by atoms with Crippen LogP contribution in [0.25, 0.3) is 0 Å². The summed E-state index contributed by atoms with van der Waals surface area (Å²) in [6, 6.07) is 13.9. The van der Waals surface area contributed by atoms with Crippen molar-refractivity contribution in [3.05, 3.63) is 77.6 Å². The lowest BCUT2D eigenvalue weighted by Gasteiger charge is -2.13. The van der Waals surface area contributed by atoms with Crippen molar-refractivity contribution in [2.75, 3.05) is 16.4 Å². The normalized spacial score (nSPS) is 10.6. The van der Waals surface area contributed by atoms with Crippen molar-refractivity contribution in [1.82, 2.24) is 14.8 Å². The highest BCUT2D eigenvalue weighted by Gasteiger charge is 2.14. The lowest BCUT2D eigenvalue weighted by atomic mass is 10.1. The molecule has 0 aliphatic heterocycles. The van der Waals surface area contributed by atoms with Crippen LogP contribution < -0.4 is 10.6 Å². The summed E-state index contributed by atoms with van der Waals surface area (Å²) in [5, 5.41) is 15.7. The zero-order valence-electron chi connectivity index (χ0n) is 17.6. The fourth-order valence-electron chi connectivity index (χ4n) is 3.16. The van der Waals surface area contributed by atoms with Crippen LogP contribution in [0.4, 0.5) is 11.4 Å². The predicted octanol–water partition coefficient (Wildman–Crippen LogP) is 4.73. The first-order chi connectivity index (χ1) is 14.5. The molecule has 0 unspecified atom stereocenters. The average molecular weight is 422 g/mol. The molecule has 0 radical (unpaired) electrons. The number of carbonyl (C=O) groups is 1. The number of benzene rings is 2. The molecule has 0 atom stereocenters. The first kappa shape index (κ1) is 21.6. The lowest BCUT2D eigenvalue weighted by molar-refractivity contribution is -0.113. The van der Waals surface area contributed by atoms with Gasteiger partial charge in [0.2, 0.25) is 5.91 Å². The maximum absolute atomic E-state index is 12.4. The topological polar surface area (TPSA) is 71.8 Å². The van der Waals surface area contributed by atoms with E-state index in [1.807, 2.05) is 47.9 Å². The van der Waals surface area contributed by atoms with Gasteiger partial charge < -0.3 is 15.2 Å². The molecule has 3 aromatic rings. The second kappa shape index (κ2) is 10.1. The standard InChI is InChI=1S/C23H27N5OS/c1-5-13-28-20(14-24-22-17(3)10-8-11-18(22)4)26-27-23(28)30-15-21(29)25-19-12-7-6-9-16(19)2/h5-12,24H,1,13-15H2,2-4H3,(H,25,29). The molecular weight excluding hydrogens is 394 g/mol. The van der Waals surface area contributed by atoms with Gasteiger partial charge in [-0.2, -0.15) is 0 Å². The van der Waals surface area contributed by atoms with E-state index in [1.165, 1.54) is 22.9 Å². The fourth-order valence-corrected chi connectivity index (χ4v) is 3.93. The van der Waals surface area contributed by atoms with Crippen LogP contribution in [0, 0.1) is 20.8 Å². The molecule has 1 heterocycles. The zero-order chi connectivity index (χ0) is 21.5. The number of carbonyl (C=O) groups excluding carboxylic acids is 1. The Balaban J connectivity index is 1.66. The van der Waals surface area contributed by atoms with Crippen molar-refractivity contribution < 1.29 is 4.79 Å². The number of thioether (sulfide) groups is 1. The number of nitrogens with zero attached hydrogens (tertiary/aromatic N) is 3. The summed E-state index contributed by atoms with van der Waals surface area (Å²) in [6.07, 6.45) is 1.81. The summed E-state index contributed by atoms with van der Waals surface area (Å²) in [6.45, 7) is 11.1. The molecule has 6 nitrogen and oxygen atoms in total. The second-order valence-corrected chi connectivity index (χ2v) is 8.01. The van der Waals surface area contributed by atoms with E-state index >= 15 is 0 Å². The molecule has 0 spiro atoms. The van der Waals surface area contributed by atoms with Crippen LogP contribution in [-0.4, -0.2) is 26.4 Å². The molecular formula is C23H27N5OS. The van der Waals surface area contributed by atoms with Gasteiger partial charge in [0.15, 0.2) is 11.0 Å². The van der Waals surface area contributed by atoms with Gasteiger partial charge in [-0.3, -0.25) is 4.79 Å². The van der Waals surface area contributed by atoms with E-state index in [0.717, 1.165) is 22.8 Å². The van der Waals surface area contributed by atoms with Gasteiger partial charge in [0.05, 0.1) is 12.3 Å². The van der Waals surface area contributed by atoms with Crippen molar-refractivity contribution in [2.45, 2.75) is 39.0 Å². The van der Waals surface area contributed by atoms with Crippen LogP contribution in [-0.2, 0) is 17.9 Å². The summed E-state index contributed by atoms with van der Waals surface area (Å²) in [5.41, 5.74) is 5.34. The average Bonchev–Trinajstić information content (AvgIpc) is 3.10. The highest BCUT2D eigenvalue weighted by molar-refractivity contribution is 7.99. The number of amides is 1. The molecule has 0 saturated carbocycles. The first-order valence-electron chi connectivity index (χ1n) is 9.81. The molecule has 3 rings (SSSR count). The van der Waals surface area contributed by atoms with Gasteiger partial charge >= 0.3 is 0 Å². The quantitative estimate of drug-likeness (QED) is 0.386. The van der Waals surface area contributed by atoms with E-state index in [2.05, 4.69) is 53.4 Å². The first-order valence-corrected chi connectivity index (χ1v) is 10.8. The number of hydrogen-bond acceptors (Lipinski definition) is 5. The Kier molecular flexibility index (Phi) is 7.30. The minimum atomic E-state index is -0.0716. The number of anilines is 2. The lowest BCUT2D eigenvalue weighted by Crippen LogP contribution is -2.15.